The van der Waals surface area contributed by atoms with Gasteiger partial charge < -0.3 is 24.4 Å². The van der Waals surface area contributed by atoms with Gasteiger partial charge in [-0.3, -0.25) is 19.1 Å². The van der Waals surface area contributed by atoms with Crippen LogP contribution in [0.15, 0.2) is 46.6 Å². The fourth-order valence-electron chi connectivity index (χ4n) is 7.56. The van der Waals surface area contributed by atoms with E-state index in [4.69, 9.17) is 21.1 Å². The number of carbonyl (C=O) groups excluding carboxylic acids is 4. The predicted molar refractivity (Wildman–Crippen MR) is 213 cm³/mol. The fraction of sp³-hybridized carbons (Fsp3) is 0.625. The summed E-state index contributed by atoms with van der Waals surface area (Å²) in [7, 11) is -3.99. The van der Waals surface area contributed by atoms with Crippen molar-refractivity contribution in [1.82, 2.24) is 19.9 Å². The molecule has 328 valence electrons. The molecule has 0 radical (unpaired) electrons. The van der Waals surface area contributed by atoms with Crippen LogP contribution in [0.5, 0.6) is 11.8 Å². The van der Waals surface area contributed by atoms with Gasteiger partial charge in [0, 0.05) is 34.2 Å². The first-order chi connectivity index (χ1) is 28.2. The molecule has 20 heteroatoms. The van der Waals surface area contributed by atoms with Gasteiger partial charge in [0.05, 0.1) is 18.4 Å². The van der Waals surface area contributed by atoms with Crippen LogP contribution in [0.4, 0.5) is 18.0 Å². The second kappa shape index (κ2) is 17.5. The Hall–Kier alpha value is -4.52. The maximum atomic E-state index is 14.8. The van der Waals surface area contributed by atoms with Gasteiger partial charge in [0.15, 0.2) is 6.04 Å². The third-order valence-electron chi connectivity index (χ3n) is 11.4. The summed E-state index contributed by atoms with van der Waals surface area (Å²) in [6.45, 7) is 6.96. The number of halogens is 4. The van der Waals surface area contributed by atoms with Gasteiger partial charge in [0.25, 0.3) is 5.91 Å². The molecule has 4 amide bonds. The van der Waals surface area contributed by atoms with Gasteiger partial charge in [-0.15, -0.1) is 0 Å². The number of allylic oxidation sites excluding steroid dienone is 1. The van der Waals surface area contributed by atoms with Gasteiger partial charge in [0.2, 0.25) is 39.2 Å². The van der Waals surface area contributed by atoms with Gasteiger partial charge in [-0.1, -0.05) is 55.7 Å². The summed E-state index contributed by atoms with van der Waals surface area (Å²) in [6.07, 6.45) is -0.893. The molecule has 3 fully saturated rings. The topological polar surface area (TPSA) is 195 Å². The average molecular weight is 883 g/mol. The Kier molecular flexibility index (Phi) is 13.1. The maximum Gasteiger partial charge on any atom is 0.452 e. The Balaban J connectivity index is 1.37. The number of amides is 4. The minimum absolute atomic E-state index is 0.0362. The summed E-state index contributed by atoms with van der Waals surface area (Å²) in [5.74, 6) is -3.37. The number of nitrogens with zero attached hydrogens (tertiary/aromatic N) is 4. The van der Waals surface area contributed by atoms with Crippen molar-refractivity contribution in [3.8, 4) is 11.8 Å². The van der Waals surface area contributed by atoms with Crippen molar-refractivity contribution < 1.29 is 55.0 Å². The van der Waals surface area contributed by atoms with Crippen molar-refractivity contribution in [2.24, 2.45) is 28.0 Å². The zero-order valence-corrected chi connectivity index (χ0v) is 35.5. The smallest absolute Gasteiger partial charge is 0.452 e. The second-order valence-corrected chi connectivity index (χ2v) is 19.1. The minimum atomic E-state index is -4.93. The van der Waals surface area contributed by atoms with Crippen LogP contribution in [-0.4, -0.2) is 96.0 Å². The largest absolute Gasteiger partial charge is 0.478 e. The van der Waals surface area contributed by atoms with Gasteiger partial charge >= 0.3 is 12.3 Å². The molecule has 2 N–H and O–H groups in total. The van der Waals surface area contributed by atoms with E-state index >= 15 is 0 Å². The number of aromatic nitrogens is 1. The molecule has 3 heterocycles. The zero-order valence-electron chi connectivity index (χ0n) is 34.0. The van der Waals surface area contributed by atoms with E-state index in [9.17, 15) is 40.8 Å². The molecule has 1 aromatic heterocycles. The molecule has 0 bridgehead atoms. The van der Waals surface area contributed by atoms with Crippen LogP contribution < -0.4 is 19.5 Å². The molecule has 2 aliphatic carbocycles. The van der Waals surface area contributed by atoms with E-state index in [0.29, 0.717) is 74.8 Å². The molecule has 2 aromatic rings. The minimum Gasteiger partial charge on any atom is -0.478 e. The maximum absolute atomic E-state index is 14.8. The molecule has 60 heavy (non-hydrogen) atoms. The quantitative estimate of drug-likeness (QED) is 0.189. The number of sulfonamides is 1. The Morgan fingerprint density at radius 1 is 1.12 bits per heavy atom. The van der Waals surface area contributed by atoms with E-state index in [-0.39, 0.29) is 37.1 Å². The third-order valence-corrected chi connectivity index (χ3v) is 13.5. The monoisotopic (exact) mass is 882 g/mol. The van der Waals surface area contributed by atoms with Crippen LogP contribution in [0.1, 0.15) is 86.0 Å². The summed E-state index contributed by atoms with van der Waals surface area (Å²) in [5.41, 5.74) is -4.55. The lowest BCUT2D eigenvalue weighted by atomic mass is 9.88. The van der Waals surface area contributed by atoms with E-state index in [2.05, 4.69) is 30.0 Å². The van der Waals surface area contributed by atoms with Crippen LogP contribution in [0.2, 0.25) is 5.02 Å². The molecule has 1 aromatic carbocycles. The summed E-state index contributed by atoms with van der Waals surface area (Å²) in [4.78, 5) is 61.5. The van der Waals surface area contributed by atoms with E-state index in [1.165, 1.54) is 4.90 Å². The molecule has 4 aliphatic rings. The highest BCUT2D eigenvalue weighted by Gasteiger charge is 2.62. The highest BCUT2D eigenvalue weighted by Crippen LogP contribution is 2.46. The SMILES string of the molecule is CCCOc1cc2c(Cl)cccc2c(O[C@@H]2C[C@H]3C(=O)N[C@]4(C(=O)NS(=O)(=O)C5CC5)C[C@H]4/C=C\CC[C@@H](C)C[C@@H](C)C(N=NC(=O)OC(C)(C)C(F)(F)F)C(=O)N3C2)n1. The normalized spacial score (nSPS) is 28.5. The van der Waals surface area contributed by atoms with Gasteiger partial charge in [0.1, 0.15) is 17.7 Å². The lowest BCUT2D eigenvalue weighted by molar-refractivity contribution is -0.243. The lowest BCUT2D eigenvalue weighted by Crippen LogP contribution is -2.57. The molecule has 15 nitrogen and oxygen atoms in total. The Bertz CT molecular complexity index is 2170. The number of azo groups is 1. The van der Waals surface area contributed by atoms with Crippen molar-refractivity contribution in [3.63, 3.8) is 0 Å². The van der Waals surface area contributed by atoms with Crippen molar-refractivity contribution in [2.45, 2.75) is 127 Å². The summed E-state index contributed by atoms with van der Waals surface area (Å²) < 4.78 is 85.5. The van der Waals surface area contributed by atoms with Crippen LogP contribution in [0, 0.1) is 17.8 Å². The number of alkyl halides is 3. The van der Waals surface area contributed by atoms with Crippen molar-refractivity contribution >= 4 is 56.2 Å². The lowest BCUT2D eigenvalue weighted by Gasteiger charge is -2.30. The first-order valence-electron chi connectivity index (χ1n) is 20.1. The van der Waals surface area contributed by atoms with Gasteiger partial charge in [-0.05, 0) is 82.8 Å². The number of nitrogens with one attached hydrogen (secondary N) is 2. The van der Waals surface area contributed by atoms with E-state index in [1.807, 2.05) is 19.9 Å². The van der Waals surface area contributed by atoms with E-state index in [0.717, 1.165) is 0 Å². The predicted octanol–water partition coefficient (Wildman–Crippen LogP) is 6.82. The number of pyridine rings is 1. The first-order valence-corrected chi connectivity index (χ1v) is 22.0. The Morgan fingerprint density at radius 3 is 2.53 bits per heavy atom. The molecular weight excluding hydrogens is 833 g/mol. The fourth-order valence-corrected chi connectivity index (χ4v) is 9.15. The molecule has 0 spiro atoms. The van der Waals surface area contributed by atoms with E-state index in [1.54, 1.807) is 37.3 Å². The second-order valence-electron chi connectivity index (χ2n) is 16.7. The van der Waals surface area contributed by atoms with Gasteiger partial charge in [-0.25, -0.2) is 13.2 Å². The van der Waals surface area contributed by atoms with Crippen molar-refractivity contribution in [1.29, 1.82) is 0 Å². The number of rotatable bonds is 10. The molecule has 2 aliphatic heterocycles. The van der Waals surface area contributed by atoms with Crippen molar-refractivity contribution in [2.75, 3.05) is 13.2 Å². The first kappa shape index (κ1) is 45.0. The van der Waals surface area contributed by atoms with Crippen LogP contribution >= 0.6 is 11.6 Å². The molecule has 6 rings (SSSR count). The van der Waals surface area contributed by atoms with E-state index < -0.39 is 86.4 Å². The highest BCUT2D eigenvalue weighted by atomic mass is 35.5. The van der Waals surface area contributed by atoms with Crippen LogP contribution in [0.3, 0.4) is 0 Å². The third kappa shape index (κ3) is 9.98. The number of carbonyl (C=O) groups is 4. The molecule has 2 saturated carbocycles. The number of benzene rings is 1. The molecule has 1 saturated heterocycles. The Labute approximate surface area is 351 Å². The number of hydrogen-bond acceptors (Lipinski definition) is 11. The zero-order chi connectivity index (χ0) is 43.8. The van der Waals surface area contributed by atoms with Crippen LogP contribution in [0.25, 0.3) is 10.8 Å². The number of fused-ring (bicyclic) bond motifs is 3. The van der Waals surface area contributed by atoms with Crippen molar-refractivity contribution in [3.05, 3.63) is 41.4 Å². The highest BCUT2D eigenvalue weighted by molar-refractivity contribution is 7.91. The summed E-state index contributed by atoms with van der Waals surface area (Å²) in [6, 6.07) is 3.98. The van der Waals surface area contributed by atoms with Gasteiger partial charge in [-0.2, -0.15) is 23.3 Å². The number of hydrogen-bond donors (Lipinski definition) is 2. The Morgan fingerprint density at radius 2 is 1.85 bits per heavy atom. The summed E-state index contributed by atoms with van der Waals surface area (Å²) >= 11 is 6.56. The molecular formula is C40H50ClF3N6O9S. The van der Waals surface area contributed by atoms with Crippen LogP contribution in [-0.2, 0) is 29.1 Å². The summed E-state index contributed by atoms with van der Waals surface area (Å²) in [5, 5.41) is 11.0. The standard InChI is InChI=1S/C40H50ClF3N6O9S/c1-6-16-57-31-19-28-27(12-9-13-29(28)41)34(45-31)58-25-18-30-33(51)46-39(36(53)49-60(55,56)26-14-15-26)20-24(39)11-8-7-10-22(2)17-23(3)32(35(52)50(30)21-25)47-48-37(54)59-38(4,5)40(42,43)44/h8-9,11-13,19,22-26,30,32H,6-7,10,14-18,20-21H2,1-5H3,(H,46,51)(H,49,53)/b11-8-,48-47?/t22-,23-,24-,25-,30+,32?,39-/m1/s1. The molecule has 7 atom stereocenters. The number of ether oxygens (including phenoxy) is 3. The average Bonchev–Trinajstić information content (AvgIpc) is 4.09. The molecule has 1 unspecified atom stereocenters.